The lowest BCUT2D eigenvalue weighted by Gasteiger charge is -2.08. The van der Waals surface area contributed by atoms with Gasteiger partial charge < -0.3 is 5.32 Å². The molecule has 0 fully saturated rings. The molecule has 0 saturated carbocycles. The Labute approximate surface area is 128 Å². The number of benzene rings is 1. The van der Waals surface area contributed by atoms with Crippen LogP contribution in [0.15, 0.2) is 36.4 Å². The normalized spacial score (nSPS) is 13.5. The minimum Gasteiger partial charge on any atom is -0.344 e. The van der Waals surface area contributed by atoms with Crippen molar-refractivity contribution in [2.75, 3.05) is 6.54 Å². The van der Waals surface area contributed by atoms with Gasteiger partial charge in [0, 0.05) is 10.4 Å². The summed E-state index contributed by atoms with van der Waals surface area (Å²) >= 11 is 1.57. The molecule has 3 nitrogen and oxygen atoms in total. The summed E-state index contributed by atoms with van der Waals surface area (Å²) in [4.78, 5) is 26.2. The lowest BCUT2D eigenvalue weighted by Crippen LogP contribution is -2.28. The van der Waals surface area contributed by atoms with Gasteiger partial charge in [-0.25, -0.2) is 0 Å². The Morgan fingerprint density at radius 1 is 1.10 bits per heavy atom. The molecule has 1 aliphatic carbocycles. The summed E-state index contributed by atoms with van der Waals surface area (Å²) in [6.45, 7) is 0.0470. The van der Waals surface area contributed by atoms with E-state index in [-0.39, 0.29) is 18.2 Å². The molecule has 1 amide bonds. The number of hydrogen-bond donors (Lipinski definition) is 1. The summed E-state index contributed by atoms with van der Waals surface area (Å²) in [6.07, 6.45) is 4.57. The predicted octanol–water partition coefficient (Wildman–Crippen LogP) is 3.24. The van der Waals surface area contributed by atoms with E-state index in [4.69, 9.17) is 0 Å². The van der Waals surface area contributed by atoms with Crippen LogP contribution in [0.5, 0.6) is 0 Å². The number of amides is 1. The van der Waals surface area contributed by atoms with Crippen molar-refractivity contribution in [3.8, 4) is 0 Å². The lowest BCUT2D eigenvalue weighted by atomic mass is 9.99. The fraction of sp³-hybridized carbons (Fsp3) is 0.294. The number of aryl methyl sites for hydroxylation is 2. The van der Waals surface area contributed by atoms with Crippen LogP contribution < -0.4 is 5.32 Å². The first-order chi connectivity index (χ1) is 10.2. The molecular formula is C17H17NO2S. The third-order valence-corrected chi connectivity index (χ3v) is 4.96. The van der Waals surface area contributed by atoms with Crippen LogP contribution >= 0.6 is 11.3 Å². The van der Waals surface area contributed by atoms with Crippen LogP contribution in [-0.2, 0) is 12.8 Å². The fourth-order valence-corrected chi connectivity index (χ4v) is 3.75. The summed E-state index contributed by atoms with van der Waals surface area (Å²) in [5.41, 5.74) is 1.94. The molecule has 0 unspecified atom stereocenters. The van der Waals surface area contributed by atoms with Gasteiger partial charge in [0.15, 0.2) is 5.78 Å². The van der Waals surface area contributed by atoms with E-state index in [1.54, 1.807) is 23.5 Å². The number of ketones is 1. The van der Waals surface area contributed by atoms with E-state index in [0.29, 0.717) is 5.56 Å². The van der Waals surface area contributed by atoms with Gasteiger partial charge in [-0.3, -0.25) is 9.59 Å². The molecule has 4 heteroatoms. The monoisotopic (exact) mass is 299 g/mol. The maximum absolute atomic E-state index is 12.1. The zero-order chi connectivity index (χ0) is 14.7. The molecule has 1 N–H and O–H groups in total. The van der Waals surface area contributed by atoms with Crippen LogP contribution in [0.3, 0.4) is 0 Å². The minimum atomic E-state index is -0.140. The second-order valence-corrected chi connectivity index (χ2v) is 6.37. The van der Waals surface area contributed by atoms with Gasteiger partial charge in [-0.2, -0.15) is 0 Å². The quantitative estimate of drug-likeness (QED) is 0.881. The Hall–Kier alpha value is -1.94. The molecule has 108 valence electrons. The number of carbonyl (C=O) groups excluding carboxylic acids is 2. The van der Waals surface area contributed by atoms with E-state index in [1.165, 1.54) is 23.3 Å². The highest BCUT2D eigenvalue weighted by atomic mass is 32.1. The average Bonchev–Trinajstić information content (AvgIpc) is 2.97. The van der Waals surface area contributed by atoms with Crippen LogP contribution in [0, 0.1) is 0 Å². The van der Waals surface area contributed by atoms with E-state index in [0.717, 1.165) is 17.7 Å². The Balaban J connectivity index is 1.62. The number of carbonyl (C=O) groups is 2. The molecule has 1 aliphatic rings. The Bertz CT molecular complexity index is 637. The zero-order valence-electron chi connectivity index (χ0n) is 11.7. The van der Waals surface area contributed by atoms with Crippen molar-refractivity contribution in [1.29, 1.82) is 0 Å². The standard InChI is InChI=1S/C17H17NO2S/c19-14(12-6-2-1-3-7-12)11-18-17(20)16-10-13-8-4-5-9-15(13)21-16/h1-3,6-7,10H,4-5,8-9,11H2,(H,18,20). The molecule has 21 heavy (non-hydrogen) atoms. The van der Waals surface area contributed by atoms with E-state index in [2.05, 4.69) is 5.32 Å². The molecule has 0 aliphatic heterocycles. The van der Waals surface area contributed by atoms with Gasteiger partial charge in [0.25, 0.3) is 5.91 Å². The van der Waals surface area contributed by atoms with Crippen molar-refractivity contribution < 1.29 is 9.59 Å². The molecule has 0 atom stereocenters. The van der Waals surface area contributed by atoms with Crippen LogP contribution in [0.4, 0.5) is 0 Å². The first-order valence-corrected chi connectivity index (χ1v) is 8.04. The van der Waals surface area contributed by atoms with Crippen molar-refractivity contribution in [3.05, 3.63) is 57.3 Å². The average molecular weight is 299 g/mol. The fourth-order valence-electron chi connectivity index (χ4n) is 2.58. The number of fused-ring (bicyclic) bond motifs is 1. The summed E-state index contributed by atoms with van der Waals surface area (Å²) in [5.74, 6) is -0.205. The third-order valence-electron chi connectivity index (χ3n) is 3.73. The molecule has 1 aromatic heterocycles. The summed E-state index contributed by atoms with van der Waals surface area (Å²) in [5, 5.41) is 2.73. The predicted molar refractivity (Wildman–Crippen MR) is 84.1 cm³/mol. The lowest BCUT2D eigenvalue weighted by molar-refractivity contribution is 0.0906. The summed E-state index contributed by atoms with van der Waals surface area (Å²) in [6, 6.07) is 11.0. The maximum Gasteiger partial charge on any atom is 0.261 e. The molecule has 0 radical (unpaired) electrons. The van der Waals surface area contributed by atoms with E-state index < -0.39 is 0 Å². The molecule has 1 aromatic carbocycles. The molecular weight excluding hydrogens is 282 g/mol. The Kier molecular flexibility index (Phi) is 4.15. The topological polar surface area (TPSA) is 46.2 Å². The summed E-state index contributed by atoms with van der Waals surface area (Å²) < 4.78 is 0. The number of hydrogen-bond acceptors (Lipinski definition) is 3. The van der Waals surface area contributed by atoms with E-state index in [9.17, 15) is 9.59 Å². The minimum absolute atomic E-state index is 0.0470. The van der Waals surface area contributed by atoms with Gasteiger partial charge in [0.05, 0.1) is 11.4 Å². The van der Waals surface area contributed by atoms with Gasteiger partial charge >= 0.3 is 0 Å². The van der Waals surface area contributed by atoms with Crippen molar-refractivity contribution in [3.63, 3.8) is 0 Å². The largest absolute Gasteiger partial charge is 0.344 e. The SMILES string of the molecule is O=C(CNC(=O)c1cc2c(s1)CCCC2)c1ccccc1. The van der Waals surface area contributed by atoms with Gasteiger partial charge in [-0.05, 0) is 37.3 Å². The Morgan fingerprint density at radius 2 is 1.86 bits per heavy atom. The highest BCUT2D eigenvalue weighted by molar-refractivity contribution is 7.14. The van der Waals surface area contributed by atoms with Gasteiger partial charge in [-0.15, -0.1) is 11.3 Å². The molecule has 2 aromatic rings. The van der Waals surface area contributed by atoms with Crippen molar-refractivity contribution >= 4 is 23.0 Å². The zero-order valence-corrected chi connectivity index (χ0v) is 12.5. The Morgan fingerprint density at radius 3 is 2.62 bits per heavy atom. The molecule has 3 rings (SSSR count). The number of thiophene rings is 1. The molecule has 0 saturated heterocycles. The first kappa shape index (κ1) is 14.0. The van der Waals surface area contributed by atoms with Crippen molar-refractivity contribution in [1.82, 2.24) is 5.32 Å². The first-order valence-electron chi connectivity index (χ1n) is 7.22. The number of nitrogens with one attached hydrogen (secondary N) is 1. The second-order valence-electron chi connectivity index (χ2n) is 5.24. The number of rotatable bonds is 4. The molecule has 0 bridgehead atoms. The van der Waals surface area contributed by atoms with Crippen LogP contribution in [0.25, 0.3) is 0 Å². The second kappa shape index (κ2) is 6.22. The van der Waals surface area contributed by atoms with Crippen molar-refractivity contribution in [2.24, 2.45) is 0 Å². The number of Topliss-reactive ketones (excluding diaryl/α,β-unsaturated/α-hetero) is 1. The highest BCUT2D eigenvalue weighted by Crippen LogP contribution is 2.29. The maximum atomic E-state index is 12.1. The van der Waals surface area contributed by atoms with E-state index >= 15 is 0 Å². The van der Waals surface area contributed by atoms with Gasteiger partial charge in [0.1, 0.15) is 0 Å². The molecule has 0 spiro atoms. The smallest absolute Gasteiger partial charge is 0.261 e. The van der Waals surface area contributed by atoms with Crippen molar-refractivity contribution in [2.45, 2.75) is 25.7 Å². The summed E-state index contributed by atoms with van der Waals surface area (Å²) in [7, 11) is 0. The molecule has 1 heterocycles. The van der Waals surface area contributed by atoms with Crippen LogP contribution in [0.2, 0.25) is 0 Å². The highest BCUT2D eigenvalue weighted by Gasteiger charge is 2.17. The van der Waals surface area contributed by atoms with Gasteiger partial charge in [-0.1, -0.05) is 30.3 Å². The van der Waals surface area contributed by atoms with Crippen LogP contribution in [0.1, 0.15) is 43.3 Å². The van der Waals surface area contributed by atoms with Gasteiger partial charge in [0.2, 0.25) is 0 Å². The van der Waals surface area contributed by atoms with Crippen LogP contribution in [-0.4, -0.2) is 18.2 Å². The third kappa shape index (κ3) is 3.22. The van der Waals surface area contributed by atoms with E-state index in [1.807, 2.05) is 24.3 Å².